The van der Waals surface area contributed by atoms with Crippen molar-refractivity contribution in [3.05, 3.63) is 12.2 Å². The van der Waals surface area contributed by atoms with Gasteiger partial charge in [-0.1, -0.05) is 6.58 Å². The summed E-state index contributed by atoms with van der Waals surface area (Å²) in [5.41, 5.74) is 0.691. The molecule has 1 saturated heterocycles. The van der Waals surface area contributed by atoms with E-state index in [1.807, 2.05) is 0 Å². The van der Waals surface area contributed by atoms with Crippen molar-refractivity contribution in [3.63, 3.8) is 0 Å². The Kier molecular flexibility index (Phi) is 4.45. The number of hydrogen-bond donors (Lipinski definition) is 3. The summed E-state index contributed by atoms with van der Waals surface area (Å²) >= 11 is 0. The van der Waals surface area contributed by atoms with Gasteiger partial charge < -0.3 is 19.4 Å². The largest absolute Gasteiger partial charge is 0.481 e. The molecule has 2 unspecified atom stereocenters. The Hall–Kier alpha value is -0.0400. The molecule has 1 rings (SSSR count). The lowest BCUT2D eigenvalue weighted by Crippen LogP contribution is -2.00. The lowest BCUT2D eigenvalue weighted by atomic mass is 10.2. The summed E-state index contributed by atoms with van der Waals surface area (Å²) in [7, 11) is -9.77. The highest BCUT2D eigenvalue weighted by molar-refractivity contribution is 7.60. The average molecular weight is 274 g/mol. The first-order valence-corrected chi connectivity index (χ1v) is 7.26. The molecule has 0 aromatic carbocycles. The molecular formula is C6H12O8P2. The minimum atomic E-state index is -5.04. The van der Waals surface area contributed by atoms with Crippen LogP contribution in [0.5, 0.6) is 0 Å². The van der Waals surface area contributed by atoms with Gasteiger partial charge in [0.15, 0.2) is 0 Å². The Morgan fingerprint density at radius 2 is 2.00 bits per heavy atom. The van der Waals surface area contributed by atoms with Crippen molar-refractivity contribution in [2.45, 2.75) is 12.5 Å². The minimum Gasteiger partial charge on any atom is -0.368 e. The van der Waals surface area contributed by atoms with Crippen LogP contribution in [0.4, 0.5) is 0 Å². The molecule has 16 heavy (non-hydrogen) atoms. The molecule has 0 bridgehead atoms. The van der Waals surface area contributed by atoms with E-state index < -0.39 is 15.6 Å². The quantitative estimate of drug-likeness (QED) is 0.349. The molecule has 0 radical (unpaired) electrons. The zero-order valence-corrected chi connectivity index (χ0v) is 9.97. The Bertz CT molecular complexity index is 356. The van der Waals surface area contributed by atoms with Crippen LogP contribution in [-0.2, 0) is 22.7 Å². The van der Waals surface area contributed by atoms with Crippen LogP contribution in [0.3, 0.4) is 0 Å². The zero-order chi connectivity index (χ0) is 12.4. The standard InChI is InChI=1S/C6H12O8P2/c1-5(6-4-12-6)2-3-13-16(10,11)14-15(7,8)9/h6H,1-4H2,(H,10,11)(H2,7,8,9). The van der Waals surface area contributed by atoms with Crippen molar-refractivity contribution >= 4 is 15.6 Å². The molecule has 2 atom stereocenters. The van der Waals surface area contributed by atoms with Crippen molar-refractivity contribution in [1.82, 2.24) is 0 Å². The smallest absolute Gasteiger partial charge is 0.368 e. The first kappa shape index (κ1) is 14.0. The zero-order valence-electron chi connectivity index (χ0n) is 8.18. The molecule has 1 aliphatic rings. The van der Waals surface area contributed by atoms with Gasteiger partial charge in [0.25, 0.3) is 0 Å². The van der Waals surface area contributed by atoms with Gasteiger partial charge in [0.05, 0.1) is 13.2 Å². The molecule has 0 aliphatic carbocycles. The van der Waals surface area contributed by atoms with Gasteiger partial charge in [-0.15, -0.1) is 0 Å². The second kappa shape index (κ2) is 5.08. The Morgan fingerprint density at radius 3 is 2.44 bits per heavy atom. The molecule has 0 amide bonds. The maximum Gasteiger partial charge on any atom is 0.481 e. The summed E-state index contributed by atoms with van der Waals surface area (Å²) in [5.74, 6) is 0. The first-order chi connectivity index (χ1) is 7.20. The second-order valence-electron chi connectivity index (χ2n) is 3.10. The molecule has 10 heteroatoms. The third-order valence-corrected chi connectivity index (χ3v) is 3.86. The topological polar surface area (TPSA) is 126 Å². The molecule has 0 aromatic heterocycles. The molecule has 1 aliphatic heterocycles. The van der Waals surface area contributed by atoms with Gasteiger partial charge in [-0.05, 0) is 12.0 Å². The number of hydrogen-bond acceptors (Lipinski definition) is 5. The summed E-state index contributed by atoms with van der Waals surface area (Å²) < 4.78 is 34.0. The maximum absolute atomic E-state index is 11.0. The molecule has 3 N–H and O–H groups in total. The summed E-state index contributed by atoms with van der Waals surface area (Å²) in [6.45, 7) is 3.97. The Morgan fingerprint density at radius 1 is 1.44 bits per heavy atom. The second-order valence-corrected chi connectivity index (χ2v) is 5.93. The van der Waals surface area contributed by atoms with E-state index in [9.17, 15) is 9.13 Å². The normalized spacial score (nSPS) is 23.8. The molecule has 1 fully saturated rings. The fraction of sp³-hybridized carbons (Fsp3) is 0.667. The van der Waals surface area contributed by atoms with Gasteiger partial charge in [-0.2, -0.15) is 4.31 Å². The van der Waals surface area contributed by atoms with Crippen molar-refractivity contribution in [2.75, 3.05) is 13.2 Å². The van der Waals surface area contributed by atoms with E-state index in [1.54, 1.807) is 0 Å². The van der Waals surface area contributed by atoms with Crippen LogP contribution >= 0.6 is 15.6 Å². The van der Waals surface area contributed by atoms with E-state index in [0.717, 1.165) is 0 Å². The van der Waals surface area contributed by atoms with E-state index in [-0.39, 0.29) is 19.1 Å². The SMILES string of the molecule is C=C(CCOP(=O)(O)OP(=O)(O)O)C1CO1. The lowest BCUT2D eigenvalue weighted by Gasteiger charge is -2.12. The third kappa shape index (κ3) is 5.89. The monoisotopic (exact) mass is 274 g/mol. The highest BCUT2D eigenvalue weighted by atomic mass is 31.3. The van der Waals surface area contributed by atoms with Crippen LogP contribution < -0.4 is 0 Å². The van der Waals surface area contributed by atoms with Gasteiger partial charge in [0.2, 0.25) is 0 Å². The molecule has 0 aromatic rings. The molecule has 94 valence electrons. The minimum absolute atomic E-state index is 0.0515. The van der Waals surface area contributed by atoms with Crippen LogP contribution in [0.1, 0.15) is 6.42 Å². The Balaban J connectivity index is 2.27. The van der Waals surface area contributed by atoms with Crippen LogP contribution in [0.25, 0.3) is 0 Å². The van der Waals surface area contributed by atoms with Crippen LogP contribution in [-0.4, -0.2) is 34.0 Å². The van der Waals surface area contributed by atoms with Crippen LogP contribution in [0.2, 0.25) is 0 Å². The van der Waals surface area contributed by atoms with Crippen molar-refractivity contribution < 1.29 is 37.4 Å². The predicted molar refractivity (Wildman–Crippen MR) is 52.4 cm³/mol. The number of epoxide rings is 1. The van der Waals surface area contributed by atoms with Gasteiger partial charge in [0, 0.05) is 0 Å². The number of phosphoric ester groups is 1. The lowest BCUT2D eigenvalue weighted by molar-refractivity contribution is 0.179. The fourth-order valence-corrected chi connectivity index (χ4v) is 2.48. The Labute approximate surface area is 91.7 Å². The molecular weight excluding hydrogens is 262 g/mol. The van der Waals surface area contributed by atoms with Gasteiger partial charge in [-0.25, -0.2) is 9.13 Å². The van der Waals surface area contributed by atoms with Crippen LogP contribution in [0, 0.1) is 0 Å². The van der Waals surface area contributed by atoms with E-state index in [0.29, 0.717) is 12.2 Å². The molecule has 0 saturated carbocycles. The summed E-state index contributed by atoms with van der Waals surface area (Å²) in [6.07, 6.45) is 0.198. The predicted octanol–water partition coefficient (Wildman–Crippen LogP) is 0.558. The maximum atomic E-state index is 11.0. The fourth-order valence-electron chi connectivity index (χ4n) is 0.895. The van der Waals surface area contributed by atoms with E-state index >= 15 is 0 Å². The van der Waals surface area contributed by atoms with Gasteiger partial charge in [0.1, 0.15) is 6.10 Å². The van der Waals surface area contributed by atoms with Gasteiger partial charge >= 0.3 is 15.6 Å². The number of phosphoric acid groups is 2. The highest BCUT2D eigenvalue weighted by Gasteiger charge is 2.32. The number of ether oxygens (including phenoxy) is 1. The van der Waals surface area contributed by atoms with Crippen molar-refractivity contribution in [2.24, 2.45) is 0 Å². The third-order valence-electron chi connectivity index (χ3n) is 1.68. The van der Waals surface area contributed by atoms with E-state index in [1.165, 1.54) is 0 Å². The molecule has 0 spiro atoms. The average Bonchev–Trinajstić information content (AvgIpc) is 2.79. The molecule has 8 nitrogen and oxygen atoms in total. The molecule has 1 heterocycles. The number of rotatable bonds is 7. The van der Waals surface area contributed by atoms with Gasteiger partial charge in [-0.3, -0.25) is 4.52 Å². The summed E-state index contributed by atoms with van der Waals surface area (Å²) in [4.78, 5) is 25.5. The van der Waals surface area contributed by atoms with Crippen LogP contribution in [0.15, 0.2) is 12.2 Å². The van der Waals surface area contributed by atoms with Crippen molar-refractivity contribution in [1.29, 1.82) is 0 Å². The summed E-state index contributed by atoms with van der Waals surface area (Å²) in [5, 5.41) is 0. The summed E-state index contributed by atoms with van der Waals surface area (Å²) in [6, 6.07) is 0. The van der Waals surface area contributed by atoms with E-state index in [2.05, 4.69) is 15.4 Å². The van der Waals surface area contributed by atoms with Crippen molar-refractivity contribution in [3.8, 4) is 0 Å². The first-order valence-electron chi connectivity index (χ1n) is 4.23. The van der Waals surface area contributed by atoms with E-state index in [4.69, 9.17) is 19.4 Å². The highest BCUT2D eigenvalue weighted by Crippen LogP contribution is 2.57.